The first kappa shape index (κ1) is 71.1. The van der Waals surface area contributed by atoms with Crippen molar-refractivity contribution in [1.82, 2.24) is 39.9 Å². The van der Waals surface area contributed by atoms with Crippen LogP contribution in [0.2, 0.25) is 0 Å². The van der Waals surface area contributed by atoms with E-state index in [0.717, 1.165) is 0 Å². The number of benzene rings is 12. The topological polar surface area (TPSA) is 304 Å². The molecule has 12 aromatic carbocycles. The van der Waals surface area contributed by atoms with Crippen molar-refractivity contribution < 1.29 is 55.6 Å². The molecule has 0 aliphatic carbocycles. The van der Waals surface area contributed by atoms with Crippen LogP contribution in [0.4, 0.5) is 0 Å². The molecule has 8 bridgehead atoms. The Balaban J connectivity index is 0.719. The lowest BCUT2D eigenvalue weighted by Crippen LogP contribution is -2.02. The third-order valence-electron chi connectivity index (χ3n) is 21.0. The molecule has 2 N–H and O–H groups in total. The Bertz CT molecular complexity index is 7560. The number of aromatic amines is 2. The Hall–Kier alpha value is -16.8. The van der Waals surface area contributed by atoms with Gasteiger partial charge in [-0.2, -0.15) is 0 Å². The number of nitrogens with one attached hydrogen (secondary N) is 2. The first-order valence-corrected chi connectivity index (χ1v) is 37.7. The van der Waals surface area contributed by atoms with Gasteiger partial charge in [-0.25, -0.2) is 49.1 Å². The van der Waals surface area contributed by atoms with Gasteiger partial charge in [-0.1, -0.05) is 48.5 Å². The van der Waals surface area contributed by atoms with Crippen molar-refractivity contribution in [2.24, 2.45) is 0 Å². The summed E-state index contributed by atoms with van der Waals surface area (Å²) in [6, 6.07) is 78.9. The van der Waals surface area contributed by atoms with E-state index in [2.05, 4.69) is 9.97 Å². The summed E-state index contributed by atoms with van der Waals surface area (Å²) in [5.41, 5.74) is 6.67. The highest BCUT2D eigenvalue weighted by molar-refractivity contribution is 6.07. The third kappa shape index (κ3) is 13.0. The van der Waals surface area contributed by atoms with Crippen LogP contribution in [0.3, 0.4) is 0 Å². The molecule has 120 heavy (non-hydrogen) atoms. The van der Waals surface area contributed by atoms with Gasteiger partial charge in [-0.15, -0.1) is 0 Å². The molecule has 0 unspecified atom stereocenters. The number of ether oxygens (including phenoxy) is 8. The molecule has 578 valence electrons. The smallest absolute Gasteiger partial charge is 0.344 e. The van der Waals surface area contributed by atoms with Gasteiger partial charge in [0, 0.05) is 89.6 Å². The third-order valence-corrected chi connectivity index (χ3v) is 21.0. The lowest BCUT2D eigenvalue weighted by Gasteiger charge is -2.09. The maximum atomic E-state index is 13.6. The average Bonchev–Trinajstić information content (AvgIpc) is 1.59. The number of rotatable bonds is 16. The highest BCUT2D eigenvalue weighted by Gasteiger charge is 2.27. The second-order valence-electron chi connectivity index (χ2n) is 28.4. The first-order chi connectivity index (χ1) is 58.7. The lowest BCUT2D eigenvalue weighted by atomic mass is 10.1. The van der Waals surface area contributed by atoms with Gasteiger partial charge < -0.3 is 65.5 Å². The molecule has 0 amide bonds. The Labute approximate surface area is 675 Å². The largest absolute Gasteiger partial charge is 0.497 e. The van der Waals surface area contributed by atoms with Gasteiger partial charge in [-0.3, -0.25) is 0 Å². The number of H-pyrrole nitrogens is 2. The molecule has 0 fully saturated rings. The van der Waals surface area contributed by atoms with Gasteiger partial charge in [0.15, 0.2) is 23.3 Å². The molecule has 0 atom stereocenters. The Kier molecular flexibility index (Phi) is 17.0. The van der Waals surface area contributed by atoms with E-state index in [4.69, 9.17) is 85.5 Å². The van der Waals surface area contributed by atoms with Crippen molar-refractivity contribution >= 4 is 88.0 Å². The van der Waals surface area contributed by atoms with E-state index < -0.39 is 22.5 Å². The molecule has 7 aromatic heterocycles. The summed E-state index contributed by atoms with van der Waals surface area (Å²) in [5, 5.41) is 5.00. The van der Waals surface area contributed by atoms with E-state index in [0.29, 0.717) is 224 Å². The number of hydrogen-bond donors (Lipinski definition) is 2. The van der Waals surface area contributed by atoms with E-state index in [-0.39, 0.29) is 23.3 Å². The minimum absolute atomic E-state index is 0.236. The standard InChI is InChI=1S/C96H58N8O16/c1-109-57-13-5-9-49(33-57)73-37-53-17-21-65(45-81(53)117-93(73)105)113-61-25-29-69-77(41-61)89-97-85(69)102-90-79-43-63(115-67-23-19-55-39-75(95(107)119-83(55)47-67)51-11-7-15-59(35-51)111-3)27-31-71(79)87(99-90)104-92-80-44-64(116-68-24-20-56-40-76(96(108)120-84(56)48-68)52-12-8-16-60(36-52)112-4)28-32-72(80)88(100-92)103-91-78-42-62(26-30-70(78)86(98-91)101-89)114-66-22-18-54-38-74(94(106)118-82(54)46-66)50-10-6-14-58(34-50)110-2/h5-48H,1-4H3,(H2,97,98,99,100,101,102,103,104). The van der Waals surface area contributed by atoms with Gasteiger partial charge >= 0.3 is 22.5 Å². The van der Waals surface area contributed by atoms with Crippen LogP contribution in [0.5, 0.6) is 69.0 Å². The van der Waals surface area contributed by atoms with Gasteiger partial charge in [-0.05, 0) is 216 Å². The zero-order valence-corrected chi connectivity index (χ0v) is 63.6. The first-order valence-electron chi connectivity index (χ1n) is 37.7. The lowest BCUT2D eigenvalue weighted by molar-refractivity contribution is 0.415. The van der Waals surface area contributed by atoms with Crippen molar-refractivity contribution in [3.05, 3.63) is 309 Å². The van der Waals surface area contributed by atoms with E-state index in [1.165, 1.54) is 0 Å². The van der Waals surface area contributed by atoms with Crippen LogP contribution in [-0.2, 0) is 0 Å². The normalized spacial score (nSPS) is 11.6. The van der Waals surface area contributed by atoms with Crippen LogP contribution in [0.15, 0.2) is 304 Å². The molecule has 21 rings (SSSR count). The second-order valence-corrected chi connectivity index (χ2v) is 28.4. The summed E-state index contributed by atoms with van der Waals surface area (Å²) < 4.78 is 72.1. The monoisotopic (exact) mass is 1580 g/mol. The SMILES string of the molecule is COc1cccc(-c2cc3ccc(Oc4ccc5c(c4)-c4nc-5nc5[nH]c(nc6nc(nc7[nH]c(n4)c4ccc(Oc8ccc9cc(-c%10cccc(OC)c%10)c(=O)oc9c8)cc74)-c4ccc(Oc7ccc8cc(-c9cccc(OC)c9)c(=O)oc8c7)cc4-6)c4ccc(Oc6ccc7cc(-c8cccc(OC)c8)c(=O)oc7c6)cc54)cc3oc2=O)c1. The Morgan fingerprint density at radius 1 is 0.225 bits per heavy atom. The number of methoxy groups -OCH3 is 4. The summed E-state index contributed by atoms with van der Waals surface area (Å²) >= 11 is 0. The molecular weight excluding hydrogens is 1520 g/mol. The predicted molar refractivity (Wildman–Crippen MR) is 454 cm³/mol. The maximum absolute atomic E-state index is 13.6. The van der Waals surface area contributed by atoms with Crippen molar-refractivity contribution in [2.75, 3.05) is 28.4 Å². The van der Waals surface area contributed by atoms with Crippen LogP contribution in [0.25, 0.3) is 178 Å². The second kappa shape index (κ2) is 28.7. The van der Waals surface area contributed by atoms with Gasteiger partial charge in [0.1, 0.15) is 114 Å². The fraction of sp³-hybridized carbons (Fsp3) is 0.0417. The average molecular weight is 1580 g/mol. The maximum Gasteiger partial charge on any atom is 0.344 e. The highest BCUT2D eigenvalue weighted by Crippen LogP contribution is 2.44. The van der Waals surface area contributed by atoms with Crippen molar-refractivity contribution in [2.45, 2.75) is 0 Å². The summed E-state index contributed by atoms with van der Waals surface area (Å²) in [6.07, 6.45) is 0. The molecule has 24 heteroatoms. The number of hydrogen-bond acceptors (Lipinski definition) is 22. The van der Waals surface area contributed by atoms with Gasteiger partial charge in [0.05, 0.1) is 50.7 Å². The molecule has 2 aliphatic rings. The predicted octanol–water partition coefficient (Wildman–Crippen LogP) is 21.2. The van der Waals surface area contributed by atoms with E-state index in [1.54, 1.807) is 174 Å². The zero-order chi connectivity index (χ0) is 81.0. The van der Waals surface area contributed by atoms with Gasteiger partial charge in [0.2, 0.25) is 0 Å². The van der Waals surface area contributed by atoms with Crippen LogP contribution in [0.1, 0.15) is 0 Å². The minimum Gasteiger partial charge on any atom is -0.497 e. The molecule has 0 saturated heterocycles. The molecular formula is C96H58N8O16. The van der Waals surface area contributed by atoms with Crippen LogP contribution >= 0.6 is 0 Å². The highest BCUT2D eigenvalue weighted by atomic mass is 16.5. The molecule has 2 aliphatic heterocycles. The van der Waals surface area contributed by atoms with Crippen LogP contribution in [-0.4, -0.2) is 68.3 Å². The number of nitrogens with zero attached hydrogens (tertiary/aromatic N) is 6. The Morgan fingerprint density at radius 2 is 0.483 bits per heavy atom. The fourth-order valence-corrected chi connectivity index (χ4v) is 15.1. The number of aromatic nitrogens is 8. The Morgan fingerprint density at radius 3 is 0.783 bits per heavy atom. The zero-order valence-electron chi connectivity index (χ0n) is 63.6. The number of fused-ring (bicyclic) bond motifs is 24. The fourth-order valence-electron chi connectivity index (χ4n) is 15.1. The molecule has 24 nitrogen and oxygen atoms in total. The summed E-state index contributed by atoms with van der Waals surface area (Å²) in [5.74, 6) is 6.44. The van der Waals surface area contributed by atoms with Crippen molar-refractivity contribution in [3.63, 3.8) is 0 Å². The van der Waals surface area contributed by atoms with E-state index in [9.17, 15) is 19.2 Å². The molecule has 0 saturated carbocycles. The van der Waals surface area contributed by atoms with Crippen LogP contribution in [0, 0.1) is 0 Å². The van der Waals surface area contributed by atoms with E-state index >= 15 is 0 Å². The molecule has 0 spiro atoms. The summed E-state index contributed by atoms with van der Waals surface area (Å²) in [4.78, 5) is 93.6. The summed E-state index contributed by atoms with van der Waals surface area (Å²) in [7, 11) is 6.26. The van der Waals surface area contributed by atoms with E-state index in [1.807, 2.05) is 121 Å². The van der Waals surface area contributed by atoms with Crippen molar-refractivity contribution in [3.8, 4) is 159 Å². The minimum atomic E-state index is -0.539. The summed E-state index contributed by atoms with van der Waals surface area (Å²) in [6.45, 7) is 0. The molecule has 0 radical (unpaired) electrons. The van der Waals surface area contributed by atoms with Crippen molar-refractivity contribution in [1.29, 1.82) is 0 Å². The van der Waals surface area contributed by atoms with Crippen LogP contribution < -0.4 is 60.4 Å². The molecule has 19 aromatic rings. The quantitative estimate of drug-likeness (QED) is 0.0849. The van der Waals surface area contributed by atoms with Gasteiger partial charge in [0.25, 0.3) is 0 Å². The molecule has 9 heterocycles.